The first-order valence-electron chi connectivity index (χ1n) is 4.30. The third-order valence-electron chi connectivity index (χ3n) is 2.01. The Balaban J connectivity index is 2.75. The van der Waals surface area contributed by atoms with E-state index in [9.17, 15) is 13.2 Å². The average molecular weight is 203 g/mol. The topological polar surface area (TPSA) is 12.0 Å². The summed E-state index contributed by atoms with van der Waals surface area (Å²) in [6, 6.07) is 5.38. The van der Waals surface area contributed by atoms with Crippen molar-refractivity contribution in [2.75, 3.05) is 5.32 Å². The number of halogens is 3. The van der Waals surface area contributed by atoms with Crippen molar-refractivity contribution >= 4 is 5.69 Å². The zero-order chi connectivity index (χ0) is 10.8. The maximum Gasteiger partial charge on any atom is 0.408 e. The van der Waals surface area contributed by atoms with Crippen molar-refractivity contribution in [3.8, 4) is 0 Å². The molecule has 1 rings (SSSR count). The summed E-state index contributed by atoms with van der Waals surface area (Å²) < 4.78 is 36.6. The molecule has 0 aliphatic carbocycles. The molecule has 0 aromatic heterocycles. The van der Waals surface area contributed by atoms with Gasteiger partial charge in [-0.2, -0.15) is 13.2 Å². The molecular formula is C10H12F3N. The first-order chi connectivity index (χ1) is 6.41. The SMILES string of the molecule is Cc1ccccc1N[C@H](C)C(F)(F)F. The molecule has 0 spiro atoms. The third kappa shape index (κ3) is 2.65. The Hall–Kier alpha value is -1.19. The Morgan fingerprint density at radius 3 is 2.29 bits per heavy atom. The second kappa shape index (κ2) is 3.90. The predicted octanol–water partition coefficient (Wildman–Crippen LogP) is 3.36. The van der Waals surface area contributed by atoms with Crippen LogP contribution in [-0.4, -0.2) is 12.2 Å². The van der Waals surface area contributed by atoms with Gasteiger partial charge >= 0.3 is 6.18 Å². The molecule has 4 heteroatoms. The van der Waals surface area contributed by atoms with Gasteiger partial charge < -0.3 is 5.32 Å². The number of para-hydroxylation sites is 1. The van der Waals surface area contributed by atoms with Crippen LogP contribution in [0.3, 0.4) is 0 Å². The molecular weight excluding hydrogens is 191 g/mol. The predicted molar refractivity (Wildman–Crippen MR) is 50.3 cm³/mol. The number of hydrogen-bond donors (Lipinski definition) is 1. The van der Waals surface area contributed by atoms with Gasteiger partial charge in [0, 0.05) is 5.69 Å². The fraction of sp³-hybridized carbons (Fsp3) is 0.400. The van der Waals surface area contributed by atoms with Gasteiger partial charge in [0.05, 0.1) is 0 Å². The second-order valence-electron chi connectivity index (χ2n) is 3.22. The summed E-state index contributed by atoms with van der Waals surface area (Å²) in [4.78, 5) is 0. The molecule has 14 heavy (non-hydrogen) atoms. The molecule has 0 radical (unpaired) electrons. The van der Waals surface area contributed by atoms with E-state index in [4.69, 9.17) is 0 Å². The van der Waals surface area contributed by atoms with Crippen LogP contribution in [0.2, 0.25) is 0 Å². The largest absolute Gasteiger partial charge is 0.408 e. The highest BCUT2D eigenvalue weighted by Crippen LogP contribution is 2.24. The lowest BCUT2D eigenvalue weighted by atomic mass is 10.2. The van der Waals surface area contributed by atoms with Gasteiger partial charge in [-0.15, -0.1) is 0 Å². The highest BCUT2D eigenvalue weighted by atomic mass is 19.4. The van der Waals surface area contributed by atoms with E-state index in [0.717, 1.165) is 12.5 Å². The number of anilines is 1. The fourth-order valence-corrected chi connectivity index (χ4v) is 1.05. The Morgan fingerprint density at radius 1 is 1.21 bits per heavy atom. The average Bonchev–Trinajstić information content (AvgIpc) is 2.07. The molecule has 0 bridgehead atoms. The van der Waals surface area contributed by atoms with Gasteiger partial charge in [-0.3, -0.25) is 0 Å². The van der Waals surface area contributed by atoms with E-state index in [-0.39, 0.29) is 0 Å². The summed E-state index contributed by atoms with van der Waals surface area (Å²) in [6.07, 6.45) is -4.21. The van der Waals surface area contributed by atoms with Crippen LogP contribution in [-0.2, 0) is 0 Å². The molecule has 1 aromatic rings. The van der Waals surface area contributed by atoms with E-state index in [1.165, 1.54) is 0 Å². The summed E-state index contributed by atoms with van der Waals surface area (Å²) >= 11 is 0. The number of hydrogen-bond acceptors (Lipinski definition) is 1. The fourth-order valence-electron chi connectivity index (χ4n) is 1.05. The smallest absolute Gasteiger partial charge is 0.374 e. The zero-order valence-corrected chi connectivity index (χ0v) is 8.02. The number of aryl methyl sites for hydroxylation is 1. The van der Waals surface area contributed by atoms with Gasteiger partial charge in [0.15, 0.2) is 0 Å². The molecule has 0 saturated heterocycles. The van der Waals surface area contributed by atoms with Crippen LogP contribution >= 0.6 is 0 Å². The van der Waals surface area contributed by atoms with Gasteiger partial charge in [-0.05, 0) is 25.5 Å². The van der Waals surface area contributed by atoms with E-state index < -0.39 is 12.2 Å². The van der Waals surface area contributed by atoms with Crippen LogP contribution in [0.4, 0.5) is 18.9 Å². The first kappa shape index (κ1) is 10.9. The molecule has 0 aliphatic rings. The molecule has 1 atom stereocenters. The van der Waals surface area contributed by atoms with E-state index in [1.807, 2.05) is 0 Å². The Morgan fingerprint density at radius 2 is 1.79 bits per heavy atom. The van der Waals surface area contributed by atoms with Crippen molar-refractivity contribution in [3.05, 3.63) is 29.8 Å². The van der Waals surface area contributed by atoms with Crippen molar-refractivity contribution in [2.24, 2.45) is 0 Å². The van der Waals surface area contributed by atoms with Crippen LogP contribution in [0, 0.1) is 6.92 Å². The molecule has 0 fully saturated rings. The summed E-state index contributed by atoms with van der Waals surface area (Å²) in [7, 11) is 0. The second-order valence-corrected chi connectivity index (χ2v) is 3.22. The number of benzene rings is 1. The highest BCUT2D eigenvalue weighted by molar-refractivity contribution is 5.50. The van der Waals surface area contributed by atoms with E-state index in [2.05, 4.69) is 5.32 Å². The quantitative estimate of drug-likeness (QED) is 0.777. The van der Waals surface area contributed by atoms with Gasteiger partial charge in [0.25, 0.3) is 0 Å². The maximum atomic E-state index is 12.2. The number of rotatable bonds is 2. The summed E-state index contributed by atoms with van der Waals surface area (Å²) in [6.45, 7) is 2.87. The van der Waals surface area contributed by atoms with Crippen LogP contribution in [0.5, 0.6) is 0 Å². The highest BCUT2D eigenvalue weighted by Gasteiger charge is 2.35. The minimum atomic E-state index is -4.21. The Bertz CT molecular complexity index is 306. The molecule has 0 amide bonds. The minimum Gasteiger partial charge on any atom is -0.374 e. The molecule has 1 N–H and O–H groups in total. The van der Waals surface area contributed by atoms with Crippen molar-refractivity contribution in [1.82, 2.24) is 0 Å². The Kier molecular flexibility index (Phi) is 3.03. The lowest BCUT2D eigenvalue weighted by Crippen LogP contribution is -2.33. The van der Waals surface area contributed by atoms with E-state index in [0.29, 0.717) is 5.69 Å². The van der Waals surface area contributed by atoms with Crippen LogP contribution in [0.1, 0.15) is 12.5 Å². The Labute approximate surface area is 80.9 Å². The number of alkyl halides is 3. The molecule has 78 valence electrons. The zero-order valence-electron chi connectivity index (χ0n) is 8.02. The lowest BCUT2D eigenvalue weighted by Gasteiger charge is -2.19. The van der Waals surface area contributed by atoms with Crippen LogP contribution in [0.25, 0.3) is 0 Å². The lowest BCUT2D eigenvalue weighted by molar-refractivity contribution is -0.138. The van der Waals surface area contributed by atoms with E-state index >= 15 is 0 Å². The summed E-state index contributed by atoms with van der Waals surface area (Å²) in [5.74, 6) is 0. The molecule has 0 heterocycles. The molecule has 0 aliphatic heterocycles. The summed E-state index contributed by atoms with van der Waals surface area (Å²) in [5, 5.41) is 2.43. The van der Waals surface area contributed by atoms with Gasteiger partial charge in [0.1, 0.15) is 6.04 Å². The van der Waals surface area contributed by atoms with Gasteiger partial charge in [-0.25, -0.2) is 0 Å². The van der Waals surface area contributed by atoms with Crippen molar-refractivity contribution < 1.29 is 13.2 Å². The monoisotopic (exact) mass is 203 g/mol. The third-order valence-corrected chi connectivity index (χ3v) is 2.01. The summed E-state index contributed by atoms with van der Waals surface area (Å²) in [5.41, 5.74) is 1.33. The van der Waals surface area contributed by atoms with Crippen molar-refractivity contribution in [2.45, 2.75) is 26.1 Å². The van der Waals surface area contributed by atoms with Gasteiger partial charge in [-0.1, -0.05) is 18.2 Å². The first-order valence-corrected chi connectivity index (χ1v) is 4.30. The molecule has 1 nitrogen and oxygen atoms in total. The van der Waals surface area contributed by atoms with Crippen molar-refractivity contribution in [1.29, 1.82) is 0 Å². The minimum absolute atomic E-state index is 0.525. The van der Waals surface area contributed by atoms with Crippen LogP contribution in [0.15, 0.2) is 24.3 Å². The van der Waals surface area contributed by atoms with Crippen molar-refractivity contribution in [3.63, 3.8) is 0 Å². The van der Waals surface area contributed by atoms with E-state index in [1.54, 1.807) is 31.2 Å². The van der Waals surface area contributed by atoms with Crippen LogP contribution < -0.4 is 5.32 Å². The standard InChI is InChI=1S/C10H12F3N/c1-7-5-3-4-6-9(7)14-8(2)10(11,12)13/h3-6,8,14H,1-2H3/t8-/m1/s1. The molecule has 0 saturated carbocycles. The maximum absolute atomic E-state index is 12.2. The molecule has 1 aromatic carbocycles. The molecule has 0 unspecified atom stereocenters. The number of nitrogens with one attached hydrogen (secondary N) is 1. The normalized spacial score (nSPS) is 13.8. The van der Waals surface area contributed by atoms with Gasteiger partial charge in [0.2, 0.25) is 0 Å².